The molecule has 84 valence electrons. The lowest BCUT2D eigenvalue weighted by atomic mass is 10.3. The number of rotatable bonds is 7. The Balaban J connectivity index is 2.12. The van der Waals surface area contributed by atoms with Gasteiger partial charge in [0.1, 0.15) is 0 Å². The lowest BCUT2D eigenvalue weighted by molar-refractivity contribution is 0.141. The maximum atomic E-state index is 5.72. The number of hydrogen-bond acceptors (Lipinski definition) is 4. The fourth-order valence-electron chi connectivity index (χ4n) is 1.17. The summed E-state index contributed by atoms with van der Waals surface area (Å²) in [6, 6.07) is 1.86. The number of nitrogens with one attached hydrogen (secondary N) is 1. The monoisotopic (exact) mass is 209 g/mol. The van der Waals surface area contributed by atoms with Crippen LogP contribution in [0.1, 0.15) is 19.8 Å². The Bertz CT molecular complexity index is 278. The summed E-state index contributed by atoms with van der Waals surface area (Å²) < 4.78 is 5.42. The van der Waals surface area contributed by atoms with E-state index >= 15 is 0 Å². The Morgan fingerprint density at radius 1 is 1.47 bits per heavy atom. The summed E-state index contributed by atoms with van der Waals surface area (Å²) in [6.07, 6.45) is 5.65. The second-order valence-electron chi connectivity index (χ2n) is 3.36. The Morgan fingerprint density at radius 2 is 2.33 bits per heavy atom. The lowest BCUT2D eigenvalue weighted by Crippen LogP contribution is -2.11. The predicted octanol–water partition coefficient (Wildman–Crippen LogP) is 1.89. The highest BCUT2D eigenvalue weighted by Crippen LogP contribution is 2.14. The van der Waals surface area contributed by atoms with Gasteiger partial charge in [0.05, 0.1) is 24.2 Å². The van der Waals surface area contributed by atoms with Gasteiger partial charge in [0.25, 0.3) is 0 Å². The minimum absolute atomic E-state index is 0.672. The molecule has 0 saturated heterocycles. The zero-order valence-corrected chi connectivity index (χ0v) is 9.20. The first-order valence-corrected chi connectivity index (χ1v) is 5.35. The molecule has 0 amide bonds. The van der Waals surface area contributed by atoms with Gasteiger partial charge in [-0.1, -0.05) is 13.3 Å². The Kier molecular flexibility index (Phi) is 5.55. The summed E-state index contributed by atoms with van der Waals surface area (Å²) in [5, 5.41) is 3.20. The SMILES string of the molecule is CCCCOCCNc1ccncc1N. The number of nitrogens with zero attached hydrogens (tertiary/aromatic N) is 1. The normalized spacial score (nSPS) is 10.2. The van der Waals surface area contributed by atoms with Crippen LogP contribution in [0, 0.1) is 0 Å². The van der Waals surface area contributed by atoms with Crippen molar-refractivity contribution in [1.82, 2.24) is 4.98 Å². The van der Waals surface area contributed by atoms with Crippen LogP contribution in [0.4, 0.5) is 11.4 Å². The van der Waals surface area contributed by atoms with Gasteiger partial charge in [0, 0.05) is 19.3 Å². The molecule has 3 N–H and O–H groups in total. The topological polar surface area (TPSA) is 60.2 Å². The number of unbranched alkanes of at least 4 members (excludes halogenated alkanes) is 1. The third-order valence-corrected chi connectivity index (χ3v) is 2.06. The first kappa shape index (κ1) is 11.8. The molecule has 0 aliphatic heterocycles. The molecule has 0 fully saturated rings. The molecule has 0 aliphatic carbocycles. The molecule has 0 unspecified atom stereocenters. The maximum Gasteiger partial charge on any atom is 0.0736 e. The van der Waals surface area contributed by atoms with Gasteiger partial charge in [-0.15, -0.1) is 0 Å². The zero-order chi connectivity index (χ0) is 10.9. The van der Waals surface area contributed by atoms with Crippen molar-refractivity contribution in [1.29, 1.82) is 0 Å². The van der Waals surface area contributed by atoms with Crippen LogP contribution in [0.3, 0.4) is 0 Å². The van der Waals surface area contributed by atoms with E-state index in [1.54, 1.807) is 12.4 Å². The van der Waals surface area contributed by atoms with Crippen molar-refractivity contribution in [2.24, 2.45) is 0 Å². The fraction of sp³-hybridized carbons (Fsp3) is 0.545. The van der Waals surface area contributed by atoms with Gasteiger partial charge in [-0.2, -0.15) is 0 Å². The summed E-state index contributed by atoms with van der Waals surface area (Å²) >= 11 is 0. The van der Waals surface area contributed by atoms with E-state index in [-0.39, 0.29) is 0 Å². The molecule has 4 nitrogen and oxygen atoms in total. The Hall–Kier alpha value is -1.29. The first-order valence-electron chi connectivity index (χ1n) is 5.35. The highest BCUT2D eigenvalue weighted by Gasteiger charge is 1.96. The van der Waals surface area contributed by atoms with Gasteiger partial charge < -0.3 is 15.8 Å². The molecular weight excluding hydrogens is 190 g/mol. The predicted molar refractivity (Wildman–Crippen MR) is 62.9 cm³/mol. The molecule has 1 aromatic rings. The van der Waals surface area contributed by atoms with Crippen molar-refractivity contribution in [3.05, 3.63) is 18.5 Å². The smallest absolute Gasteiger partial charge is 0.0736 e. The van der Waals surface area contributed by atoms with Gasteiger partial charge >= 0.3 is 0 Å². The molecule has 0 aliphatic rings. The van der Waals surface area contributed by atoms with Crippen molar-refractivity contribution >= 4 is 11.4 Å². The second-order valence-corrected chi connectivity index (χ2v) is 3.36. The highest BCUT2D eigenvalue weighted by atomic mass is 16.5. The van der Waals surface area contributed by atoms with Crippen molar-refractivity contribution in [3.8, 4) is 0 Å². The quantitative estimate of drug-likeness (QED) is 0.673. The molecule has 1 heterocycles. The Labute approximate surface area is 90.8 Å². The maximum absolute atomic E-state index is 5.72. The molecule has 15 heavy (non-hydrogen) atoms. The minimum atomic E-state index is 0.672. The molecule has 1 aromatic heterocycles. The zero-order valence-electron chi connectivity index (χ0n) is 9.20. The van der Waals surface area contributed by atoms with E-state index < -0.39 is 0 Å². The summed E-state index contributed by atoms with van der Waals surface area (Å²) in [4.78, 5) is 3.92. The second kappa shape index (κ2) is 7.06. The third-order valence-electron chi connectivity index (χ3n) is 2.06. The molecule has 0 atom stereocenters. The van der Waals surface area contributed by atoms with Crippen LogP contribution in [0.15, 0.2) is 18.5 Å². The number of nitrogen functional groups attached to an aromatic ring is 1. The number of ether oxygens (including phenoxy) is 1. The molecule has 4 heteroatoms. The highest BCUT2D eigenvalue weighted by molar-refractivity contribution is 5.64. The van der Waals surface area contributed by atoms with E-state index in [2.05, 4.69) is 17.2 Å². The van der Waals surface area contributed by atoms with Gasteiger partial charge in [-0.3, -0.25) is 4.98 Å². The van der Waals surface area contributed by atoms with Crippen LogP contribution in [0.5, 0.6) is 0 Å². The van der Waals surface area contributed by atoms with E-state index in [4.69, 9.17) is 10.5 Å². The lowest BCUT2D eigenvalue weighted by Gasteiger charge is -2.08. The van der Waals surface area contributed by atoms with Crippen molar-refractivity contribution in [2.45, 2.75) is 19.8 Å². The van der Waals surface area contributed by atoms with Gasteiger partial charge in [-0.25, -0.2) is 0 Å². The van der Waals surface area contributed by atoms with Crippen LogP contribution < -0.4 is 11.1 Å². The Morgan fingerprint density at radius 3 is 3.07 bits per heavy atom. The van der Waals surface area contributed by atoms with Crippen LogP contribution in [0.25, 0.3) is 0 Å². The fourth-order valence-corrected chi connectivity index (χ4v) is 1.17. The number of nitrogens with two attached hydrogens (primary N) is 1. The summed E-state index contributed by atoms with van der Waals surface area (Å²) in [7, 11) is 0. The first-order chi connectivity index (χ1) is 7.34. The van der Waals surface area contributed by atoms with Gasteiger partial charge in [-0.05, 0) is 12.5 Å². The van der Waals surface area contributed by atoms with Crippen LogP contribution in [-0.2, 0) is 4.74 Å². The number of pyridine rings is 1. The molecule has 1 rings (SSSR count). The molecule has 0 aromatic carbocycles. The van der Waals surface area contributed by atoms with E-state index in [0.717, 1.165) is 25.3 Å². The molecule has 0 spiro atoms. The average molecular weight is 209 g/mol. The van der Waals surface area contributed by atoms with Crippen molar-refractivity contribution in [2.75, 3.05) is 30.8 Å². The van der Waals surface area contributed by atoms with Crippen LogP contribution in [0.2, 0.25) is 0 Å². The third kappa shape index (κ3) is 4.65. The molecule has 0 saturated carbocycles. The number of anilines is 2. The number of hydrogen-bond donors (Lipinski definition) is 2. The van der Waals surface area contributed by atoms with Gasteiger partial charge in [0.15, 0.2) is 0 Å². The molecule has 0 bridgehead atoms. The van der Waals surface area contributed by atoms with E-state index in [1.807, 2.05) is 6.07 Å². The minimum Gasteiger partial charge on any atom is -0.396 e. The molecule has 0 radical (unpaired) electrons. The average Bonchev–Trinajstić information content (AvgIpc) is 2.25. The summed E-state index contributed by atoms with van der Waals surface area (Å²) in [5.41, 5.74) is 7.31. The van der Waals surface area contributed by atoms with E-state index in [0.29, 0.717) is 12.3 Å². The summed E-state index contributed by atoms with van der Waals surface area (Å²) in [6.45, 7) is 4.48. The standard InChI is InChI=1S/C11H19N3O/c1-2-3-7-15-8-6-14-11-4-5-13-9-10(11)12/h4-5,9H,2-3,6-8,12H2,1H3,(H,13,14). The van der Waals surface area contributed by atoms with Gasteiger partial charge in [0.2, 0.25) is 0 Å². The van der Waals surface area contributed by atoms with E-state index in [9.17, 15) is 0 Å². The van der Waals surface area contributed by atoms with Crippen LogP contribution >= 0.6 is 0 Å². The van der Waals surface area contributed by atoms with Crippen molar-refractivity contribution in [3.63, 3.8) is 0 Å². The number of aromatic nitrogens is 1. The van der Waals surface area contributed by atoms with Crippen molar-refractivity contribution < 1.29 is 4.74 Å². The molecular formula is C11H19N3O. The van der Waals surface area contributed by atoms with E-state index in [1.165, 1.54) is 6.42 Å². The largest absolute Gasteiger partial charge is 0.396 e. The van der Waals surface area contributed by atoms with Crippen LogP contribution in [-0.4, -0.2) is 24.7 Å². The summed E-state index contributed by atoms with van der Waals surface area (Å²) in [5.74, 6) is 0.